The second-order valence-electron chi connectivity index (χ2n) is 4.72. The quantitative estimate of drug-likeness (QED) is 0.777. The number of aryl methyl sites for hydroxylation is 3. The predicted molar refractivity (Wildman–Crippen MR) is 75.7 cm³/mol. The van der Waals surface area contributed by atoms with Crippen molar-refractivity contribution in [3.8, 4) is 0 Å². The summed E-state index contributed by atoms with van der Waals surface area (Å²) >= 11 is 0. The Morgan fingerprint density at radius 1 is 1.26 bits per heavy atom. The molecule has 0 aliphatic rings. The lowest BCUT2D eigenvalue weighted by molar-refractivity contribution is 0.575. The van der Waals surface area contributed by atoms with Crippen molar-refractivity contribution in [1.29, 1.82) is 0 Å². The first-order valence-electron chi connectivity index (χ1n) is 6.43. The Hall–Kier alpha value is -2.30. The molecule has 0 radical (unpaired) electrons. The van der Waals surface area contributed by atoms with Gasteiger partial charge in [0.2, 0.25) is 5.95 Å². The molecule has 0 aliphatic carbocycles. The number of benzene rings is 1. The molecule has 0 atom stereocenters. The summed E-state index contributed by atoms with van der Waals surface area (Å²) < 4.78 is 4.17. The van der Waals surface area contributed by atoms with Gasteiger partial charge in [0.15, 0.2) is 0 Å². The number of fused-ring (bicyclic) bond motifs is 1. The number of hydrogen-bond donors (Lipinski definition) is 1. The monoisotopic (exact) mass is 255 g/mol. The van der Waals surface area contributed by atoms with Gasteiger partial charge in [-0.1, -0.05) is 12.1 Å². The fraction of sp³-hybridized carbons (Fsp3) is 0.286. The molecule has 0 fully saturated rings. The van der Waals surface area contributed by atoms with E-state index in [2.05, 4.69) is 32.1 Å². The van der Waals surface area contributed by atoms with Crippen LogP contribution in [0.4, 0.5) is 5.95 Å². The van der Waals surface area contributed by atoms with Crippen LogP contribution in [0.5, 0.6) is 0 Å². The van der Waals surface area contributed by atoms with E-state index in [-0.39, 0.29) is 0 Å². The zero-order valence-electron chi connectivity index (χ0n) is 11.0. The molecule has 0 unspecified atom stereocenters. The molecule has 0 bridgehead atoms. The van der Waals surface area contributed by atoms with Crippen molar-refractivity contribution < 1.29 is 0 Å². The Bertz CT molecular complexity index is 681. The molecular weight excluding hydrogens is 238 g/mol. The minimum atomic E-state index is 0.593. The zero-order valence-corrected chi connectivity index (χ0v) is 11.0. The molecule has 2 aromatic heterocycles. The van der Waals surface area contributed by atoms with Crippen LogP contribution in [0.3, 0.4) is 0 Å². The fourth-order valence-electron chi connectivity index (χ4n) is 2.44. The van der Waals surface area contributed by atoms with Gasteiger partial charge in [0.25, 0.3) is 0 Å². The lowest BCUT2D eigenvalue weighted by Gasteiger charge is -2.08. The average molecular weight is 255 g/mol. The van der Waals surface area contributed by atoms with E-state index in [1.807, 2.05) is 24.7 Å². The summed E-state index contributed by atoms with van der Waals surface area (Å²) in [7, 11) is 0. The Labute approximate surface area is 111 Å². The SMILES string of the molecule is Cc1cccc2nc(N)n(CCCn3ccnc3)c12. The topological polar surface area (TPSA) is 61.7 Å². The van der Waals surface area contributed by atoms with E-state index in [4.69, 9.17) is 5.73 Å². The van der Waals surface area contributed by atoms with Crippen molar-refractivity contribution in [3.63, 3.8) is 0 Å². The number of para-hydroxylation sites is 1. The highest BCUT2D eigenvalue weighted by Crippen LogP contribution is 2.21. The van der Waals surface area contributed by atoms with Crippen LogP contribution < -0.4 is 5.73 Å². The standard InChI is InChI=1S/C14H17N5/c1-11-4-2-5-12-13(11)19(14(15)17-12)8-3-7-18-9-6-16-10-18/h2,4-6,9-10H,3,7-8H2,1H3,(H2,15,17). The van der Waals surface area contributed by atoms with Crippen molar-refractivity contribution >= 4 is 17.0 Å². The van der Waals surface area contributed by atoms with Crippen LogP contribution in [-0.2, 0) is 13.1 Å². The second kappa shape index (κ2) is 4.76. The zero-order chi connectivity index (χ0) is 13.2. The van der Waals surface area contributed by atoms with Crippen molar-refractivity contribution in [2.75, 3.05) is 5.73 Å². The van der Waals surface area contributed by atoms with Gasteiger partial charge in [0, 0.05) is 25.5 Å². The third kappa shape index (κ3) is 2.19. The normalized spacial score (nSPS) is 11.2. The number of aromatic nitrogens is 4. The molecule has 0 aliphatic heterocycles. The van der Waals surface area contributed by atoms with Crippen LogP contribution in [0.25, 0.3) is 11.0 Å². The summed E-state index contributed by atoms with van der Waals surface area (Å²) in [6.45, 7) is 3.90. The molecule has 0 amide bonds. The molecule has 3 aromatic rings. The van der Waals surface area contributed by atoms with E-state index in [1.165, 1.54) is 5.56 Å². The highest BCUT2D eigenvalue weighted by atomic mass is 15.2. The maximum Gasteiger partial charge on any atom is 0.201 e. The third-order valence-electron chi connectivity index (χ3n) is 3.36. The molecular formula is C14H17N5. The third-order valence-corrected chi connectivity index (χ3v) is 3.36. The van der Waals surface area contributed by atoms with Crippen molar-refractivity contribution in [3.05, 3.63) is 42.5 Å². The first kappa shape index (κ1) is 11.8. The molecule has 98 valence electrons. The number of nitrogen functional groups attached to an aromatic ring is 1. The summed E-state index contributed by atoms with van der Waals surface area (Å²) in [5.41, 5.74) is 9.34. The van der Waals surface area contributed by atoms with Gasteiger partial charge in [-0.3, -0.25) is 0 Å². The summed E-state index contributed by atoms with van der Waals surface area (Å²) in [5, 5.41) is 0. The minimum Gasteiger partial charge on any atom is -0.369 e. The van der Waals surface area contributed by atoms with Crippen LogP contribution in [0.15, 0.2) is 36.9 Å². The number of nitrogens with zero attached hydrogens (tertiary/aromatic N) is 4. The van der Waals surface area contributed by atoms with Crippen LogP contribution >= 0.6 is 0 Å². The van der Waals surface area contributed by atoms with Crippen LogP contribution in [-0.4, -0.2) is 19.1 Å². The summed E-state index contributed by atoms with van der Waals surface area (Å²) in [5.74, 6) is 0.593. The molecule has 1 aromatic carbocycles. The first-order valence-corrected chi connectivity index (χ1v) is 6.43. The molecule has 0 saturated carbocycles. The van der Waals surface area contributed by atoms with Gasteiger partial charge in [-0.05, 0) is 25.0 Å². The number of nitrogens with two attached hydrogens (primary N) is 1. The van der Waals surface area contributed by atoms with E-state index in [9.17, 15) is 0 Å². The number of hydrogen-bond acceptors (Lipinski definition) is 3. The van der Waals surface area contributed by atoms with E-state index in [0.29, 0.717) is 5.95 Å². The molecule has 2 N–H and O–H groups in total. The largest absolute Gasteiger partial charge is 0.369 e. The lowest BCUT2D eigenvalue weighted by atomic mass is 10.2. The fourth-order valence-corrected chi connectivity index (χ4v) is 2.44. The Kier molecular flexibility index (Phi) is 2.95. The molecule has 19 heavy (non-hydrogen) atoms. The average Bonchev–Trinajstić information content (AvgIpc) is 2.99. The minimum absolute atomic E-state index is 0.593. The smallest absolute Gasteiger partial charge is 0.201 e. The predicted octanol–water partition coefficient (Wildman–Crippen LogP) is 2.21. The van der Waals surface area contributed by atoms with E-state index >= 15 is 0 Å². The molecule has 5 heteroatoms. The lowest BCUT2D eigenvalue weighted by Crippen LogP contribution is -2.06. The first-order chi connectivity index (χ1) is 9.25. The van der Waals surface area contributed by atoms with Gasteiger partial charge in [-0.15, -0.1) is 0 Å². The van der Waals surface area contributed by atoms with Crippen molar-refractivity contribution in [2.45, 2.75) is 26.4 Å². The van der Waals surface area contributed by atoms with Gasteiger partial charge in [-0.2, -0.15) is 0 Å². The highest BCUT2D eigenvalue weighted by molar-refractivity contribution is 5.81. The van der Waals surface area contributed by atoms with Gasteiger partial charge in [0.05, 0.1) is 17.4 Å². The van der Waals surface area contributed by atoms with Crippen LogP contribution in [0.2, 0.25) is 0 Å². The molecule has 0 spiro atoms. The Morgan fingerprint density at radius 2 is 2.16 bits per heavy atom. The van der Waals surface area contributed by atoms with Gasteiger partial charge < -0.3 is 14.9 Å². The maximum absolute atomic E-state index is 6.01. The number of rotatable bonds is 4. The second-order valence-corrected chi connectivity index (χ2v) is 4.72. The summed E-state index contributed by atoms with van der Waals surface area (Å²) in [6.07, 6.45) is 6.60. The van der Waals surface area contributed by atoms with Crippen LogP contribution in [0.1, 0.15) is 12.0 Å². The maximum atomic E-state index is 6.01. The molecule has 2 heterocycles. The van der Waals surface area contributed by atoms with E-state index in [0.717, 1.165) is 30.5 Å². The molecule has 0 saturated heterocycles. The Morgan fingerprint density at radius 3 is 2.95 bits per heavy atom. The number of imidazole rings is 2. The summed E-state index contributed by atoms with van der Waals surface area (Å²) in [4.78, 5) is 8.45. The van der Waals surface area contributed by atoms with Gasteiger partial charge in [0.1, 0.15) is 0 Å². The number of anilines is 1. The van der Waals surface area contributed by atoms with E-state index < -0.39 is 0 Å². The Balaban J connectivity index is 1.82. The molecule has 5 nitrogen and oxygen atoms in total. The van der Waals surface area contributed by atoms with Crippen molar-refractivity contribution in [2.24, 2.45) is 0 Å². The summed E-state index contributed by atoms with van der Waals surface area (Å²) in [6, 6.07) is 6.11. The van der Waals surface area contributed by atoms with Gasteiger partial charge >= 0.3 is 0 Å². The van der Waals surface area contributed by atoms with Crippen LogP contribution in [0, 0.1) is 6.92 Å². The molecule has 3 rings (SSSR count). The van der Waals surface area contributed by atoms with E-state index in [1.54, 1.807) is 6.20 Å². The van der Waals surface area contributed by atoms with Gasteiger partial charge in [-0.25, -0.2) is 9.97 Å². The highest BCUT2D eigenvalue weighted by Gasteiger charge is 2.09. The van der Waals surface area contributed by atoms with Crippen molar-refractivity contribution in [1.82, 2.24) is 19.1 Å².